The van der Waals surface area contributed by atoms with Crippen molar-refractivity contribution in [2.24, 2.45) is 0 Å². The number of anilines is 1. The summed E-state index contributed by atoms with van der Waals surface area (Å²) in [6.45, 7) is 1.38. The number of halogens is 1. The van der Waals surface area contributed by atoms with Crippen LogP contribution in [0.3, 0.4) is 0 Å². The molecule has 9 heteroatoms. The fraction of sp³-hybridized carbons (Fsp3) is 0.400. The van der Waals surface area contributed by atoms with E-state index >= 15 is 0 Å². The standard InChI is InChI=1S/C15H18N2O6.ClH/c1-21-14(19)9-5-10(15(20)22-2)7-11(6-9)17-13(18)12-8-23-4-3-16-12;/h5-7,12,16H,3-4,8H2,1-2H3,(H,17,18);1H. The number of methoxy groups -OCH3 is 2. The summed E-state index contributed by atoms with van der Waals surface area (Å²) in [4.78, 5) is 35.6. The average molecular weight is 359 g/mol. The van der Waals surface area contributed by atoms with Gasteiger partial charge in [-0.05, 0) is 18.2 Å². The highest BCUT2D eigenvalue weighted by molar-refractivity contribution is 6.00. The van der Waals surface area contributed by atoms with Gasteiger partial charge in [0.1, 0.15) is 6.04 Å². The van der Waals surface area contributed by atoms with E-state index in [-0.39, 0.29) is 36.0 Å². The molecule has 8 nitrogen and oxygen atoms in total. The predicted molar refractivity (Wildman–Crippen MR) is 87.6 cm³/mol. The number of esters is 2. The van der Waals surface area contributed by atoms with Gasteiger partial charge in [-0.15, -0.1) is 12.4 Å². The lowest BCUT2D eigenvalue weighted by Crippen LogP contribution is -2.48. The number of hydrogen-bond acceptors (Lipinski definition) is 7. The average Bonchev–Trinajstić information content (AvgIpc) is 2.60. The topological polar surface area (TPSA) is 103 Å². The van der Waals surface area contributed by atoms with Crippen molar-refractivity contribution in [2.45, 2.75) is 6.04 Å². The van der Waals surface area contributed by atoms with Crippen molar-refractivity contribution in [3.05, 3.63) is 29.3 Å². The van der Waals surface area contributed by atoms with Crippen molar-refractivity contribution in [3.8, 4) is 0 Å². The van der Waals surface area contributed by atoms with Gasteiger partial charge in [0, 0.05) is 12.2 Å². The van der Waals surface area contributed by atoms with Crippen LogP contribution in [0.2, 0.25) is 0 Å². The Balaban J connectivity index is 0.00000288. The first-order valence-electron chi connectivity index (χ1n) is 6.99. The number of rotatable bonds is 4. The molecule has 1 saturated heterocycles. The largest absolute Gasteiger partial charge is 0.465 e. The maximum Gasteiger partial charge on any atom is 0.337 e. The Labute approximate surface area is 145 Å². The zero-order valence-electron chi connectivity index (χ0n) is 13.3. The molecule has 1 heterocycles. The molecule has 24 heavy (non-hydrogen) atoms. The van der Waals surface area contributed by atoms with E-state index in [2.05, 4.69) is 20.1 Å². The first kappa shape index (κ1) is 19.9. The van der Waals surface area contributed by atoms with Crippen LogP contribution < -0.4 is 10.6 Å². The number of ether oxygens (including phenoxy) is 3. The summed E-state index contributed by atoms with van der Waals surface area (Å²) in [5.41, 5.74) is 0.572. The summed E-state index contributed by atoms with van der Waals surface area (Å²) in [5, 5.41) is 5.67. The minimum absolute atomic E-state index is 0. The molecule has 1 atom stereocenters. The van der Waals surface area contributed by atoms with Crippen molar-refractivity contribution in [2.75, 3.05) is 39.3 Å². The predicted octanol–water partition coefficient (Wildman–Crippen LogP) is 0.608. The van der Waals surface area contributed by atoms with Crippen LogP contribution in [-0.2, 0) is 19.0 Å². The van der Waals surface area contributed by atoms with Gasteiger partial charge in [0.25, 0.3) is 0 Å². The van der Waals surface area contributed by atoms with Crippen LogP contribution in [0.15, 0.2) is 18.2 Å². The van der Waals surface area contributed by atoms with Gasteiger partial charge in [0.05, 0.1) is 38.6 Å². The number of benzene rings is 1. The zero-order valence-corrected chi connectivity index (χ0v) is 14.1. The van der Waals surface area contributed by atoms with E-state index < -0.39 is 18.0 Å². The Hall–Kier alpha value is -2.16. The molecule has 0 spiro atoms. The van der Waals surface area contributed by atoms with E-state index in [1.54, 1.807) is 0 Å². The molecule has 1 unspecified atom stereocenters. The molecule has 1 aromatic carbocycles. The second kappa shape index (κ2) is 9.21. The molecular formula is C15H19ClN2O6. The highest BCUT2D eigenvalue weighted by Gasteiger charge is 2.22. The highest BCUT2D eigenvalue weighted by atomic mass is 35.5. The molecule has 1 aliphatic heterocycles. The molecule has 0 bridgehead atoms. The van der Waals surface area contributed by atoms with Gasteiger partial charge in [0.2, 0.25) is 5.91 Å². The Kier molecular flexibility index (Phi) is 7.63. The van der Waals surface area contributed by atoms with Crippen molar-refractivity contribution in [1.82, 2.24) is 5.32 Å². The third-order valence-corrected chi connectivity index (χ3v) is 3.28. The lowest BCUT2D eigenvalue weighted by Gasteiger charge is -2.23. The van der Waals surface area contributed by atoms with Gasteiger partial charge in [-0.25, -0.2) is 9.59 Å². The molecule has 0 radical (unpaired) electrons. The number of amides is 1. The van der Waals surface area contributed by atoms with Crippen LogP contribution >= 0.6 is 12.4 Å². The van der Waals surface area contributed by atoms with E-state index in [1.165, 1.54) is 32.4 Å². The van der Waals surface area contributed by atoms with Crippen molar-refractivity contribution in [1.29, 1.82) is 0 Å². The van der Waals surface area contributed by atoms with E-state index in [0.29, 0.717) is 18.8 Å². The first-order valence-corrected chi connectivity index (χ1v) is 6.99. The second-order valence-electron chi connectivity index (χ2n) is 4.85. The minimum Gasteiger partial charge on any atom is -0.465 e. The number of carbonyl (C=O) groups excluding carboxylic acids is 3. The Morgan fingerprint density at radius 1 is 1.12 bits per heavy atom. The van der Waals surface area contributed by atoms with E-state index in [0.717, 1.165) is 0 Å². The smallest absolute Gasteiger partial charge is 0.337 e. The fourth-order valence-corrected chi connectivity index (χ4v) is 2.13. The summed E-state index contributed by atoms with van der Waals surface area (Å²) < 4.78 is 14.5. The van der Waals surface area contributed by atoms with Crippen LogP contribution in [-0.4, -0.2) is 57.9 Å². The van der Waals surface area contributed by atoms with Crippen molar-refractivity contribution < 1.29 is 28.6 Å². The lowest BCUT2D eigenvalue weighted by molar-refractivity contribution is -0.120. The Morgan fingerprint density at radius 3 is 2.17 bits per heavy atom. The zero-order chi connectivity index (χ0) is 16.8. The first-order chi connectivity index (χ1) is 11.0. The summed E-state index contributed by atoms with van der Waals surface area (Å²) >= 11 is 0. The lowest BCUT2D eigenvalue weighted by atomic mass is 10.1. The molecule has 0 aromatic heterocycles. The molecule has 2 rings (SSSR count). The normalized spacial score (nSPS) is 16.5. The van der Waals surface area contributed by atoms with Gasteiger partial charge in [-0.1, -0.05) is 0 Å². The van der Waals surface area contributed by atoms with E-state index in [4.69, 9.17) is 4.74 Å². The molecule has 2 N–H and O–H groups in total. The quantitative estimate of drug-likeness (QED) is 0.760. The number of carbonyl (C=O) groups is 3. The van der Waals surface area contributed by atoms with Crippen molar-refractivity contribution in [3.63, 3.8) is 0 Å². The minimum atomic E-state index is -0.620. The summed E-state index contributed by atoms with van der Waals surface area (Å²) in [6.07, 6.45) is 0. The van der Waals surface area contributed by atoms with Crippen LogP contribution in [0.5, 0.6) is 0 Å². The summed E-state index contributed by atoms with van der Waals surface area (Å²) in [5.74, 6) is -1.56. The molecule has 132 valence electrons. The van der Waals surface area contributed by atoms with Crippen LogP contribution in [0.4, 0.5) is 5.69 Å². The van der Waals surface area contributed by atoms with E-state index in [1.807, 2.05) is 0 Å². The summed E-state index contributed by atoms with van der Waals surface area (Å²) in [7, 11) is 2.46. The van der Waals surface area contributed by atoms with Crippen LogP contribution in [0.25, 0.3) is 0 Å². The van der Waals surface area contributed by atoms with Crippen LogP contribution in [0, 0.1) is 0 Å². The number of nitrogens with one attached hydrogen (secondary N) is 2. The van der Waals surface area contributed by atoms with Crippen LogP contribution in [0.1, 0.15) is 20.7 Å². The maximum absolute atomic E-state index is 12.2. The third-order valence-electron chi connectivity index (χ3n) is 3.28. The summed E-state index contributed by atoms with van der Waals surface area (Å²) in [6, 6.07) is 3.71. The molecule has 1 amide bonds. The Morgan fingerprint density at radius 2 is 1.71 bits per heavy atom. The fourth-order valence-electron chi connectivity index (χ4n) is 2.13. The number of morpholine rings is 1. The molecule has 0 aliphatic carbocycles. The molecule has 0 saturated carbocycles. The highest BCUT2D eigenvalue weighted by Crippen LogP contribution is 2.17. The van der Waals surface area contributed by atoms with Gasteiger partial charge in [-0.2, -0.15) is 0 Å². The van der Waals surface area contributed by atoms with Gasteiger partial charge < -0.3 is 24.8 Å². The number of hydrogen-bond donors (Lipinski definition) is 2. The Bertz CT molecular complexity index is 582. The molecule has 1 aliphatic rings. The monoisotopic (exact) mass is 358 g/mol. The third kappa shape index (κ3) is 4.92. The molecular weight excluding hydrogens is 340 g/mol. The van der Waals surface area contributed by atoms with Gasteiger partial charge in [-0.3, -0.25) is 4.79 Å². The SMILES string of the molecule is COC(=O)c1cc(NC(=O)C2COCCN2)cc(C(=O)OC)c1.Cl. The van der Waals surface area contributed by atoms with Gasteiger partial charge in [0.15, 0.2) is 0 Å². The maximum atomic E-state index is 12.2. The van der Waals surface area contributed by atoms with E-state index in [9.17, 15) is 14.4 Å². The second-order valence-corrected chi connectivity index (χ2v) is 4.85. The van der Waals surface area contributed by atoms with Gasteiger partial charge >= 0.3 is 11.9 Å². The molecule has 1 fully saturated rings. The van der Waals surface area contributed by atoms with Crippen molar-refractivity contribution >= 4 is 35.9 Å². The molecule has 1 aromatic rings.